The van der Waals surface area contributed by atoms with Gasteiger partial charge in [-0.05, 0) is 56.3 Å². The van der Waals surface area contributed by atoms with E-state index >= 15 is 0 Å². The third kappa shape index (κ3) is 17.6. The second kappa shape index (κ2) is 24.6. The van der Waals surface area contributed by atoms with Crippen molar-refractivity contribution >= 4 is 5.97 Å². The van der Waals surface area contributed by atoms with Gasteiger partial charge in [0.25, 0.3) is 0 Å². The Morgan fingerprint density at radius 3 is 1.64 bits per heavy atom. The number of esters is 1. The van der Waals surface area contributed by atoms with Crippen molar-refractivity contribution < 1.29 is 24.4 Å². The van der Waals surface area contributed by atoms with Gasteiger partial charge >= 0.3 is 5.97 Å². The third-order valence-electron chi connectivity index (χ3n) is 10.4. The number of rotatable bonds is 25. The van der Waals surface area contributed by atoms with Crippen molar-refractivity contribution in [3.63, 3.8) is 0 Å². The van der Waals surface area contributed by atoms with Gasteiger partial charge in [0, 0.05) is 0 Å². The van der Waals surface area contributed by atoms with Gasteiger partial charge in [-0.15, -0.1) is 0 Å². The quantitative estimate of drug-likeness (QED) is 0.0493. The Labute approximate surface area is 260 Å². The highest BCUT2D eigenvalue weighted by Crippen LogP contribution is 2.34. The smallest absolute Gasteiger partial charge is 0.311 e. The van der Waals surface area contributed by atoms with Crippen molar-refractivity contribution in [3.05, 3.63) is 0 Å². The fraction of sp³-hybridized carbons (Fsp3) is 0.973. The van der Waals surface area contributed by atoms with E-state index in [4.69, 9.17) is 14.4 Å². The molecule has 0 aromatic heterocycles. The summed E-state index contributed by atoms with van der Waals surface area (Å²) in [6.07, 6.45) is 30.6. The predicted molar refractivity (Wildman–Crippen MR) is 175 cm³/mol. The Bertz CT molecular complexity index is 624. The monoisotopic (exact) mass is 595 g/mol. The minimum Gasteiger partial charge on any atom is -0.463 e. The molecule has 0 aliphatic heterocycles. The van der Waals surface area contributed by atoms with Crippen LogP contribution in [-0.2, 0) is 19.2 Å². The van der Waals surface area contributed by atoms with Crippen LogP contribution in [0.15, 0.2) is 0 Å². The Hall–Kier alpha value is -0.650. The largest absolute Gasteiger partial charge is 0.463 e. The van der Waals surface area contributed by atoms with Gasteiger partial charge in [-0.2, -0.15) is 0 Å². The average Bonchev–Trinajstić information content (AvgIpc) is 3.00. The summed E-state index contributed by atoms with van der Waals surface area (Å²) in [6, 6.07) is 0. The molecule has 2 aliphatic carbocycles. The molecule has 2 fully saturated rings. The summed E-state index contributed by atoms with van der Waals surface area (Å²) < 4.78 is 11.7. The maximum atomic E-state index is 13.2. The molecule has 0 saturated heterocycles. The van der Waals surface area contributed by atoms with Crippen molar-refractivity contribution in [2.24, 2.45) is 23.7 Å². The molecule has 5 nitrogen and oxygen atoms in total. The Kier molecular flexibility index (Phi) is 22.0. The van der Waals surface area contributed by atoms with Gasteiger partial charge in [0.05, 0.1) is 18.6 Å². The fourth-order valence-electron chi connectivity index (χ4n) is 7.23. The van der Waals surface area contributed by atoms with Crippen LogP contribution in [0.25, 0.3) is 0 Å². The van der Waals surface area contributed by atoms with E-state index in [-0.39, 0.29) is 5.97 Å². The van der Waals surface area contributed by atoms with Crippen molar-refractivity contribution in [2.75, 3.05) is 13.2 Å². The first-order chi connectivity index (χ1) is 20.5. The molecule has 0 heterocycles. The fourth-order valence-corrected chi connectivity index (χ4v) is 7.23. The maximum Gasteiger partial charge on any atom is 0.311 e. The van der Waals surface area contributed by atoms with Crippen molar-refractivity contribution in [2.45, 2.75) is 193 Å². The first-order valence-electron chi connectivity index (χ1n) is 18.6. The van der Waals surface area contributed by atoms with Crippen LogP contribution >= 0.6 is 0 Å². The highest BCUT2D eigenvalue weighted by Gasteiger charge is 2.33. The van der Waals surface area contributed by atoms with Gasteiger partial charge in [0.1, 0.15) is 12.7 Å². The van der Waals surface area contributed by atoms with Crippen LogP contribution in [0.4, 0.5) is 0 Å². The summed E-state index contributed by atoms with van der Waals surface area (Å²) in [6.45, 7) is 7.67. The molecule has 0 aromatic rings. The van der Waals surface area contributed by atoms with Gasteiger partial charge in [-0.3, -0.25) is 10.1 Å². The number of carbonyl (C=O) groups is 1. The molecule has 0 amide bonds. The SMILES string of the molecule is CCCCCCCCCCCCCCCCCC(C(=O)OCCOC1CCC(C)CC1)C(CC1CCC(C)CC1)OO. The first kappa shape index (κ1) is 37.5. The summed E-state index contributed by atoms with van der Waals surface area (Å²) in [5.41, 5.74) is 0. The molecule has 2 aliphatic rings. The van der Waals surface area contributed by atoms with Gasteiger partial charge < -0.3 is 9.47 Å². The molecule has 1 N–H and O–H groups in total. The topological polar surface area (TPSA) is 65.0 Å². The number of unbranched alkanes of at least 4 members (excludes halogenated alkanes) is 14. The molecular weight excluding hydrogens is 524 g/mol. The second-order valence-electron chi connectivity index (χ2n) is 14.3. The molecule has 2 unspecified atom stereocenters. The second-order valence-corrected chi connectivity index (χ2v) is 14.3. The lowest BCUT2D eigenvalue weighted by molar-refractivity contribution is -0.294. The van der Waals surface area contributed by atoms with Gasteiger partial charge in [0.2, 0.25) is 0 Å². The van der Waals surface area contributed by atoms with Gasteiger partial charge in [-0.25, -0.2) is 4.89 Å². The first-order valence-corrected chi connectivity index (χ1v) is 18.6. The van der Waals surface area contributed by atoms with Crippen LogP contribution in [0.2, 0.25) is 0 Å². The van der Waals surface area contributed by atoms with Crippen LogP contribution in [0.5, 0.6) is 0 Å². The Balaban J connectivity index is 1.64. The highest BCUT2D eigenvalue weighted by molar-refractivity contribution is 5.73. The zero-order chi connectivity index (χ0) is 30.3. The van der Waals surface area contributed by atoms with E-state index < -0.39 is 12.0 Å². The molecule has 2 saturated carbocycles. The van der Waals surface area contributed by atoms with E-state index in [1.807, 2.05) is 0 Å². The van der Waals surface area contributed by atoms with Crippen LogP contribution < -0.4 is 0 Å². The zero-order valence-electron chi connectivity index (χ0n) is 28.1. The minimum atomic E-state index is -0.469. The molecule has 2 atom stereocenters. The van der Waals surface area contributed by atoms with Crippen molar-refractivity contribution in [1.82, 2.24) is 0 Å². The number of ether oxygens (including phenoxy) is 2. The predicted octanol–water partition coefficient (Wildman–Crippen LogP) is 11.1. The number of hydrogen-bond donors (Lipinski definition) is 1. The number of hydrogen-bond acceptors (Lipinski definition) is 5. The summed E-state index contributed by atoms with van der Waals surface area (Å²) in [5.74, 6) is 1.48. The molecule has 42 heavy (non-hydrogen) atoms. The van der Waals surface area contributed by atoms with E-state index in [0.29, 0.717) is 25.2 Å². The Morgan fingerprint density at radius 1 is 0.667 bits per heavy atom. The standard InChI is InChI=1S/C37H70O5/c1-4-5-6-7-8-9-10-11-12-13-14-15-16-17-18-19-35(36(42-39)30-33-24-20-31(2)21-25-33)37(38)41-29-28-40-34-26-22-32(3)23-27-34/h31-36,39H,4-30H2,1-3H3. The lowest BCUT2D eigenvalue weighted by Gasteiger charge is -2.31. The molecule has 248 valence electrons. The molecule has 0 radical (unpaired) electrons. The van der Waals surface area contributed by atoms with Crippen molar-refractivity contribution in [3.8, 4) is 0 Å². The van der Waals surface area contributed by atoms with E-state index in [1.54, 1.807) is 0 Å². The van der Waals surface area contributed by atoms with E-state index in [2.05, 4.69) is 20.8 Å². The van der Waals surface area contributed by atoms with E-state index in [9.17, 15) is 10.1 Å². The highest BCUT2D eigenvalue weighted by atomic mass is 17.1. The summed E-state index contributed by atoms with van der Waals surface area (Å²) in [5, 5.41) is 9.88. The maximum absolute atomic E-state index is 13.2. The van der Waals surface area contributed by atoms with Gasteiger partial charge in [-0.1, -0.05) is 143 Å². The van der Waals surface area contributed by atoms with Crippen LogP contribution in [-0.4, -0.2) is 36.6 Å². The van der Waals surface area contributed by atoms with E-state index in [1.165, 1.54) is 109 Å². The molecule has 0 bridgehead atoms. The summed E-state index contributed by atoms with van der Waals surface area (Å²) in [4.78, 5) is 18.3. The zero-order valence-corrected chi connectivity index (χ0v) is 28.1. The number of carbonyl (C=O) groups excluding carboxylic acids is 1. The molecular formula is C37H70O5. The van der Waals surface area contributed by atoms with Crippen LogP contribution in [0.3, 0.4) is 0 Å². The molecule has 0 spiro atoms. The third-order valence-corrected chi connectivity index (χ3v) is 10.4. The summed E-state index contributed by atoms with van der Waals surface area (Å²) >= 11 is 0. The van der Waals surface area contributed by atoms with Crippen LogP contribution in [0, 0.1) is 23.7 Å². The molecule has 2 rings (SSSR count). The molecule has 0 aromatic carbocycles. The van der Waals surface area contributed by atoms with E-state index in [0.717, 1.165) is 63.2 Å². The van der Waals surface area contributed by atoms with Gasteiger partial charge in [0.15, 0.2) is 0 Å². The minimum absolute atomic E-state index is 0.218. The molecule has 5 heteroatoms. The van der Waals surface area contributed by atoms with Crippen LogP contribution in [0.1, 0.15) is 181 Å². The Morgan fingerprint density at radius 2 is 1.14 bits per heavy atom. The summed E-state index contributed by atoms with van der Waals surface area (Å²) in [7, 11) is 0. The lowest BCUT2D eigenvalue weighted by atomic mass is 9.78. The normalized spacial score (nSPS) is 24.4. The lowest BCUT2D eigenvalue weighted by Crippen LogP contribution is -2.34. The van der Waals surface area contributed by atoms with Crippen molar-refractivity contribution in [1.29, 1.82) is 0 Å². The average molecular weight is 595 g/mol.